The summed E-state index contributed by atoms with van der Waals surface area (Å²) < 4.78 is 37.7. The van der Waals surface area contributed by atoms with E-state index in [0.717, 1.165) is 12.6 Å². The average Bonchev–Trinajstić information content (AvgIpc) is 2.61. The van der Waals surface area contributed by atoms with Gasteiger partial charge in [0.05, 0.1) is 24.9 Å². The van der Waals surface area contributed by atoms with Crippen LogP contribution < -0.4 is 4.90 Å². The summed E-state index contributed by atoms with van der Waals surface area (Å²) in [7, 11) is 1.98. The lowest BCUT2D eigenvalue weighted by Gasteiger charge is -2.36. The summed E-state index contributed by atoms with van der Waals surface area (Å²) in [5, 5.41) is 0. The highest BCUT2D eigenvalue weighted by molar-refractivity contribution is 5.68. The van der Waals surface area contributed by atoms with Gasteiger partial charge in [-0.1, -0.05) is 0 Å². The molecule has 2 aliphatic rings. The van der Waals surface area contributed by atoms with Crippen LogP contribution in [0.5, 0.6) is 0 Å². The maximum absolute atomic E-state index is 13.9. The third-order valence-electron chi connectivity index (χ3n) is 4.71. The normalized spacial score (nSPS) is 22.1. The highest BCUT2D eigenvalue weighted by Gasteiger charge is 2.26. The minimum absolute atomic E-state index is 0.0762. The molecule has 0 aliphatic carbocycles. The number of carbonyl (C=O) groups excluding carboxylic acids is 1. The van der Waals surface area contributed by atoms with Gasteiger partial charge in [0, 0.05) is 38.8 Å². The number of morpholine rings is 1. The molecule has 2 aliphatic heterocycles. The fourth-order valence-corrected chi connectivity index (χ4v) is 3.04. The van der Waals surface area contributed by atoms with Gasteiger partial charge in [0.2, 0.25) is 0 Å². The molecule has 1 atom stereocenters. The Morgan fingerprint density at radius 1 is 1.24 bits per heavy atom. The van der Waals surface area contributed by atoms with Crippen molar-refractivity contribution in [2.24, 2.45) is 0 Å². The Morgan fingerprint density at radius 3 is 2.68 bits per heavy atom. The van der Waals surface area contributed by atoms with E-state index in [-0.39, 0.29) is 12.1 Å². The maximum Gasteiger partial charge on any atom is 0.409 e. The van der Waals surface area contributed by atoms with Gasteiger partial charge in [-0.05, 0) is 19.2 Å². The Labute approximate surface area is 145 Å². The quantitative estimate of drug-likeness (QED) is 0.823. The Hall–Kier alpha value is -1.93. The Bertz CT molecular complexity index is 609. The van der Waals surface area contributed by atoms with E-state index < -0.39 is 11.6 Å². The van der Waals surface area contributed by atoms with Crippen LogP contribution in [0.3, 0.4) is 0 Å². The number of nitrogens with zero attached hydrogens (tertiary/aromatic N) is 3. The predicted octanol–water partition coefficient (Wildman–Crippen LogP) is 1.55. The van der Waals surface area contributed by atoms with E-state index in [4.69, 9.17) is 9.47 Å². The molecule has 1 aromatic carbocycles. The molecule has 0 aromatic heterocycles. The molecule has 0 saturated carbocycles. The van der Waals surface area contributed by atoms with E-state index >= 15 is 0 Å². The zero-order valence-corrected chi connectivity index (χ0v) is 14.3. The van der Waals surface area contributed by atoms with Gasteiger partial charge < -0.3 is 19.3 Å². The van der Waals surface area contributed by atoms with Crippen molar-refractivity contribution in [3.8, 4) is 0 Å². The molecule has 1 unspecified atom stereocenters. The SMILES string of the molecule is CN1CCOCC1COC(=O)N1CCN(c2ccc(F)cc2F)CC1. The summed E-state index contributed by atoms with van der Waals surface area (Å²) in [5.41, 5.74) is 0.357. The van der Waals surface area contributed by atoms with Crippen molar-refractivity contribution < 1.29 is 23.0 Å². The molecule has 3 rings (SSSR count). The number of anilines is 1. The molecular formula is C17H23F2N3O3. The monoisotopic (exact) mass is 355 g/mol. The third-order valence-corrected chi connectivity index (χ3v) is 4.71. The number of halogens is 2. The van der Waals surface area contributed by atoms with E-state index in [1.165, 1.54) is 12.1 Å². The molecule has 0 N–H and O–H groups in total. The topological polar surface area (TPSA) is 45.3 Å². The third kappa shape index (κ3) is 4.38. The van der Waals surface area contributed by atoms with Crippen LogP contribution in [0.25, 0.3) is 0 Å². The molecule has 138 valence electrons. The second kappa shape index (κ2) is 7.97. The Morgan fingerprint density at radius 2 is 2.00 bits per heavy atom. The first-order chi connectivity index (χ1) is 12.0. The summed E-state index contributed by atoms with van der Waals surface area (Å²) in [6.45, 7) is 4.20. The number of piperazine rings is 1. The van der Waals surface area contributed by atoms with Crippen molar-refractivity contribution in [3.05, 3.63) is 29.8 Å². The zero-order chi connectivity index (χ0) is 17.8. The second-order valence-electron chi connectivity index (χ2n) is 6.36. The maximum atomic E-state index is 13.9. The van der Waals surface area contributed by atoms with Crippen LogP contribution in [0, 0.1) is 11.6 Å². The molecule has 0 bridgehead atoms. The lowest BCUT2D eigenvalue weighted by Crippen LogP contribution is -2.50. The molecule has 2 saturated heterocycles. The van der Waals surface area contributed by atoms with Crippen molar-refractivity contribution in [1.82, 2.24) is 9.80 Å². The predicted molar refractivity (Wildman–Crippen MR) is 88.7 cm³/mol. The number of rotatable bonds is 3. The summed E-state index contributed by atoms with van der Waals surface area (Å²) in [4.78, 5) is 17.7. The van der Waals surface area contributed by atoms with Gasteiger partial charge in [-0.25, -0.2) is 13.6 Å². The summed E-state index contributed by atoms with van der Waals surface area (Å²) in [6, 6.07) is 3.62. The Balaban J connectivity index is 1.47. The molecule has 6 nitrogen and oxygen atoms in total. The first-order valence-corrected chi connectivity index (χ1v) is 8.44. The molecule has 0 radical (unpaired) electrons. The van der Waals surface area contributed by atoms with Gasteiger partial charge in [-0.15, -0.1) is 0 Å². The minimum Gasteiger partial charge on any atom is -0.448 e. The summed E-state index contributed by atoms with van der Waals surface area (Å²) in [6.07, 6.45) is -0.363. The Kier molecular flexibility index (Phi) is 5.70. The first kappa shape index (κ1) is 17.9. The van der Waals surface area contributed by atoms with Crippen molar-refractivity contribution in [2.75, 3.05) is 64.5 Å². The molecule has 25 heavy (non-hydrogen) atoms. The zero-order valence-electron chi connectivity index (χ0n) is 14.3. The van der Waals surface area contributed by atoms with Crippen LogP contribution in [0.1, 0.15) is 0 Å². The van der Waals surface area contributed by atoms with Crippen molar-refractivity contribution >= 4 is 11.8 Å². The van der Waals surface area contributed by atoms with Gasteiger partial charge in [0.1, 0.15) is 18.2 Å². The van der Waals surface area contributed by atoms with E-state index in [0.29, 0.717) is 51.7 Å². The lowest BCUT2D eigenvalue weighted by molar-refractivity contribution is -0.0226. The van der Waals surface area contributed by atoms with Gasteiger partial charge in [-0.3, -0.25) is 4.90 Å². The van der Waals surface area contributed by atoms with Gasteiger partial charge >= 0.3 is 6.09 Å². The first-order valence-electron chi connectivity index (χ1n) is 8.44. The number of ether oxygens (including phenoxy) is 2. The number of amides is 1. The molecule has 1 aromatic rings. The van der Waals surface area contributed by atoms with Crippen molar-refractivity contribution in [1.29, 1.82) is 0 Å². The van der Waals surface area contributed by atoms with E-state index in [2.05, 4.69) is 4.90 Å². The smallest absolute Gasteiger partial charge is 0.409 e. The van der Waals surface area contributed by atoms with E-state index in [9.17, 15) is 13.6 Å². The number of likely N-dealkylation sites (N-methyl/N-ethyl adjacent to an activating group) is 1. The second-order valence-corrected chi connectivity index (χ2v) is 6.36. The van der Waals surface area contributed by atoms with Crippen LogP contribution in [-0.2, 0) is 9.47 Å². The molecular weight excluding hydrogens is 332 g/mol. The van der Waals surface area contributed by atoms with Crippen LogP contribution in [-0.4, -0.2) is 81.5 Å². The van der Waals surface area contributed by atoms with Crippen molar-refractivity contribution in [3.63, 3.8) is 0 Å². The van der Waals surface area contributed by atoms with Gasteiger partial charge in [0.15, 0.2) is 0 Å². The fraction of sp³-hybridized carbons (Fsp3) is 0.588. The molecule has 2 heterocycles. The highest BCUT2D eigenvalue weighted by atomic mass is 19.1. The number of hydrogen-bond acceptors (Lipinski definition) is 5. The standard InChI is InChI=1S/C17H23F2N3O3/c1-20-8-9-24-11-14(20)12-25-17(23)22-6-4-21(5-7-22)16-3-2-13(18)10-15(16)19/h2-3,10,14H,4-9,11-12H2,1H3. The molecule has 1 amide bonds. The molecule has 8 heteroatoms. The van der Waals surface area contributed by atoms with Crippen LogP contribution in [0.15, 0.2) is 18.2 Å². The number of carbonyl (C=O) groups is 1. The van der Waals surface area contributed by atoms with Crippen LogP contribution >= 0.6 is 0 Å². The van der Waals surface area contributed by atoms with Crippen LogP contribution in [0.2, 0.25) is 0 Å². The minimum atomic E-state index is -0.597. The fourth-order valence-electron chi connectivity index (χ4n) is 3.04. The van der Waals surface area contributed by atoms with E-state index in [1.54, 1.807) is 9.80 Å². The largest absolute Gasteiger partial charge is 0.448 e. The number of benzene rings is 1. The lowest BCUT2D eigenvalue weighted by atomic mass is 10.2. The van der Waals surface area contributed by atoms with E-state index in [1.807, 2.05) is 7.05 Å². The highest BCUT2D eigenvalue weighted by Crippen LogP contribution is 2.21. The summed E-state index contributed by atoms with van der Waals surface area (Å²) in [5.74, 6) is -1.18. The van der Waals surface area contributed by atoms with Gasteiger partial charge in [0.25, 0.3) is 0 Å². The molecule has 0 spiro atoms. The average molecular weight is 355 g/mol. The summed E-state index contributed by atoms with van der Waals surface area (Å²) >= 11 is 0. The van der Waals surface area contributed by atoms with Gasteiger partial charge in [-0.2, -0.15) is 0 Å². The van der Waals surface area contributed by atoms with Crippen LogP contribution in [0.4, 0.5) is 19.3 Å². The van der Waals surface area contributed by atoms with Crippen molar-refractivity contribution in [2.45, 2.75) is 6.04 Å². The number of hydrogen-bond donors (Lipinski definition) is 0. The molecule has 2 fully saturated rings.